The van der Waals surface area contributed by atoms with Gasteiger partial charge in [0.1, 0.15) is 18.1 Å². The fourth-order valence-electron chi connectivity index (χ4n) is 2.54. The summed E-state index contributed by atoms with van der Waals surface area (Å²) in [7, 11) is 1.67. The van der Waals surface area contributed by atoms with Crippen molar-refractivity contribution in [3.05, 3.63) is 66.0 Å². The highest BCUT2D eigenvalue weighted by atomic mass is 79.9. The fraction of sp³-hybridized carbons (Fsp3) is 0.167. The van der Waals surface area contributed by atoms with Gasteiger partial charge in [-0.15, -0.1) is 10.2 Å². The number of fused-ring (bicyclic) bond motifs is 1. The van der Waals surface area contributed by atoms with Crippen LogP contribution in [0.3, 0.4) is 0 Å². The van der Waals surface area contributed by atoms with Crippen LogP contribution in [0.5, 0.6) is 11.5 Å². The number of halogens is 1. The summed E-state index contributed by atoms with van der Waals surface area (Å²) in [6.45, 7) is 0.306. The molecule has 4 rings (SSSR count). The van der Waals surface area contributed by atoms with E-state index >= 15 is 0 Å². The molecule has 0 saturated heterocycles. The van der Waals surface area contributed by atoms with Gasteiger partial charge in [-0.2, -0.15) is 9.78 Å². The van der Waals surface area contributed by atoms with E-state index in [9.17, 15) is 0 Å². The highest BCUT2D eigenvalue weighted by Crippen LogP contribution is 2.27. The molecule has 1 aliphatic rings. The largest absolute Gasteiger partial charge is 1.00 e. The van der Waals surface area contributed by atoms with Crippen molar-refractivity contribution in [2.24, 2.45) is 5.10 Å². The minimum absolute atomic E-state index is 0. The summed E-state index contributed by atoms with van der Waals surface area (Å²) in [4.78, 5) is 0. The zero-order valence-electron chi connectivity index (χ0n) is 14.0. The molecule has 3 aromatic rings. The van der Waals surface area contributed by atoms with E-state index in [4.69, 9.17) is 14.6 Å². The van der Waals surface area contributed by atoms with Crippen LogP contribution in [0, 0.1) is 0 Å². The van der Waals surface area contributed by atoms with Crippen LogP contribution in [0.25, 0.3) is 0 Å². The van der Waals surface area contributed by atoms with Crippen LogP contribution in [0.4, 0.5) is 0 Å². The number of hydrogen-bond acceptors (Lipinski definition) is 6. The number of aromatic nitrogens is 3. The van der Waals surface area contributed by atoms with Crippen LogP contribution >= 0.6 is 11.8 Å². The summed E-state index contributed by atoms with van der Waals surface area (Å²) in [5.41, 5.74) is 1.91. The Labute approximate surface area is 166 Å². The highest BCUT2D eigenvalue weighted by Gasteiger charge is 2.21. The molecule has 0 fully saturated rings. The number of nitrogens with zero attached hydrogens (tertiary/aromatic N) is 4. The summed E-state index contributed by atoms with van der Waals surface area (Å²) in [6, 6.07) is 17.5. The Balaban J connectivity index is 0.00000196. The molecule has 0 unspecified atom stereocenters. The molecule has 134 valence electrons. The van der Waals surface area contributed by atoms with Crippen molar-refractivity contribution >= 4 is 17.5 Å². The molecule has 0 atom stereocenters. The maximum absolute atomic E-state index is 5.78. The van der Waals surface area contributed by atoms with Crippen molar-refractivity contribution in [2.75, 3.05) is 12.9 Å². The van der Waals surface area contributed by atoms with Gasteiger partial charge in [0.15, 0.2) is 5.82 Å². The van der Waals surface area contributed by atoms with E-state index < -0.39 is 0 Å². The second-order valence-corrected chi connectivity index (χ2v) is 6.29. The quantitative estimate of drug-likeness (QED) is 0.578. The third-order valence-corrected chi connectivity index (χ3v) is 4.69. The number of thioether (sulfide) groups is 1. The summed E-state index contributed by atoms with van der Waals surface area (Å²) < 4.78 is 13.0. The average molecular weight is 432 g/mol. The molecule has 1 aromatic heterocycles. The first-order chi connectivity index (χ1) is 12.3. The summed E-state index contributed by atoms with van der Waals surface area (Å²) in [5, 5.41) is 13.9. The minimum Gasteiger partial charge on any atom is -1.00 e. The van der Waals surface area contributed by atoms with E-state index in [-0.39, 0.29) is 17.0 Å². The molecule has 0 bridgehead atoms. The lowest BCUT2D eigenvalue weighted by molar-refractivity contribution is -0.00000576. The Kier molecular flexibility index (Phi) is 5.95. The zero-order valence-corrected chi connectivity index (χ0v) is 16.4. The predicted octanol–water partition coefficient (Wildman–Crippen LogP) is 0.228. The van der Waals surface area contributed by atoms with Crippen molar-refractivity contribution < 1.29 is 26.5 Å². The molecule has 6 nitrogen and oxygen atoms in total. The average Bonchev–Trinajstić information content (AvgIpc) is 3.09. The smallest absolute Gasteiger partial charge is 0.212 e. The van der Waals surface area contributed by atoms with Gasteiger partial charge in [0.05, 0.1) is 12.8 Å². The molecule has 2 heterocycles. The lowest BCUT2D eigenvalue weighted by atomic mass is 10.1. The number of methoxy groups -OCH3 is 1. The number of para-hydroxylation sites is 2. The molecule has 0 saturated carbocycles. The van der Waals surface area contributed by atoms with Gasteiger partial charge in [0.25, 0.3) is 0 Å². The predicted molar refractivity (Wildman–Crippen MR) is 96.4 cm³/mol. The molecular formula is C18H16BrN4O2S-. The van der Waals surface area contributed by atoms with Gasteiger partial charge >= 0.3 is 0 Å². The molecule has 0 radical (unpaired) electrons. The van der Waals surface area contributed by atoms with E-state index in [2.05, 4.69) is 10.2 Å². The van der Waals surface area contributed by atoms with E-state index in [0.29, 0.717) is 12.4 Å². The topological polar surface area (TPSA) is 61.5 Å². The Hall–Kier alpha value is -2.32. The normalized spacial score (nSPS) is 12.6. The van der Waals surface area contributed by atoms with Crippen molar-refractivity contribution in [3.8, 4) is 11.5 Å². The van der Waals surface area contributed by atoms with Crippen molar-refractivity contribution in [1.82, 2.24) is 14.9 Å². The molecule has 0 N–H and O–H groups in total. The monoisotopic (exact) mass is 431 g/mol. The van der Waals surface area contributed by atoms with Crippen LogP contribution in [0.2, 0.25) is 0 Å². The van der Waals surface area contributed by atoms with Gasteiger partial charge in [-0.05, 0) is 24.3 Å². The van der Waals surface area contributed by atoms with Crippen molar-refractivity contribution in [1.29, 1.82) is 0 Å². The first-order valence-electron chi connectivity index (χ1n) is 7.81. The number of benzene rings is 2. The standard InChI is InChI=1S/C18H16N4O2S.BrH/c1-23-16-10-6-5-9-14(16)15-12-25-18-20-19-17(22(18)21-15)11-24-13-7-3-2-4-8-13;/h2-10H,11-12H2,1H3;1H/p-1. The second-order valence-electron chi connectivity index (χ2n) is 5.35. The molecule has 0 spiro atoms. The summed E-state index contributed by atoms with van der Waals surface area (Å²) in [6.07, 6.45) is 0. The lowest BCUT2D eigenvalue weighted by Gasteiger charge is -2.16. The highest BCUT2D eigenvalue weighted by molar-refractivity contribution is 7.99. The first-order valence-corrected chi connectivity index (χ1v) is 8.80. The Morgan fingerprint density at radius 3 is 2.62 bits per heavy atom. The molecular weight excluding hydrogens is 416 g/mol. The lowest BCUT2D eigenvalue weighted by Crippen LogP contribution is -3.00. The molecule has 0 amide bonds. The third kappa shape index (κ3) is 3.76. The van der Waals surface area contributed by atoms with Crippen molar-refractivity contribution in [3.63, 3.8) is 0 Å². The third-order valence-electron chi connectivity index (χ3n) is 3.76. The molecule has 26 heavy (non-hydrogen) atoms. The van der Waals surface area contributed by atoms with E-state index in [1.807, 2.05) is 54.6 Å². The van der Waals surface area contributed by atoms with Crippen LogP contribution in [-0.2, 0) is 6.61 Å². The summed E-state index contributed by atoms with van der Waals surface area (Å²) >= 11 is 1.60. The van der Waals surface area contributed by atoms with E-state index in [0.717, 1.165) is 33.7 Å². The molecule has 8 heteroatoms. The Morgan fingerprint density at radius 2 is 1.81 bits per heavy atom. The van der Waals surface area contributed by atoms with Crippen LogP contribution < -0.4 is 26.5 Å². The van der Waals surface area contributed by atoms with Gasteiger partial charge in [-0.3, -0.25) is 0 Å². The van der Waals surface area contributed by atoms with Gasteiger partial charge in [0, 0.05) is 11.3 Å². The van der Waals surface area contributed by atoms with Gasteiger partial charge in [-0.25, -0.2) is 0 Å². The second kappa shape index (κ2) is 8.37. The van der Waals surface area contributed by atoms with Gasteiger partial charge in [0.2, 0.25) is 5.16 Å². The maximum atomic E-state index is 5.78. The number of rotatable bonds is 5. The zero-order chi connectivity index (χ0) is 17.1. The maximum Gasteiger partial charge on any atom is 0.212 e. The number of hydrogen-bond donors (Lipinski definition) is 0. The molecule has 1 aliphatic heterocycles. The van der Waals surface area contributed by atoms with E-state index in [1.54, 1.807) is 23.5 Å². The Bertz CT molecular complexity index is 915. The molecule has 0 aliphatic carbocycles. The van der Waals surface area contributed by atoms with Gasteiger partial charge in [-0.1, -0.05) is 42.1 Å². The fourth-order valence-corrected chi connectivity index (χ4v) is 3.38. The van der Waals surface area contributed by atoms with Crippen LogP contribution in [0.15, 0.2) is 64.9 Å². The van der Waals surface area contributed by atoms with Gasteiger partial charge < -0.3 is 26.5 Å². The number of ether oxygens (including phenoxy) is 2. The van der Waals surface area contributed by atoms with Crippen molar-refractivity contribution in [2.45, 2.75) is 11.8 Å². The molecule has 2 aromatic carbocycles. The van der Waals surface area contributed by atoms with Crippen LogP contribution in [-0.4, -0.2) is 33.4 Å². The summed E-state index contributed by atoms with van der Waals surface area (Å²) in [5.74, 6) is 2.98. The van der Waals surface area contributed by atoms with E-state index in [1.165, 1.54) is 0 Å². The minimum atomic E-state index is 0. The van der Waals surface area contributed by atoms with Crippen LogP contribution in [0.1, 0.15) is 11.4 Å². The SMILES string of the molecule is COc1ccccc1C1=Nn2c(COc3ccccc3)nnc2SC1.[Br-]. The Morgan fingerprint density at radius 1 is 1.04 bits per heavy atom. The first kappa shape index (κ1) is 18.5.